The Morgan fingerprint density at radius 1 is 1.00 bits per heavy atom. The molecule has 62 valence electrons. The van der Waals surface area contributed by atoms with Crippen molar-refractivity contribution in [1.82, 2.24) is 10.0 Å². The third-order valence-electron chi connectivity index (χ3n) is 1.76. The van der Waals surface area contributed by atoms with Crippen LogP contribution in [0.15, 0.2) is 0 Å². The van der Waals surface area contributed by atoms with Crippen LogP contribution in [-0.2, 0) is 0 Å². The highest BCUT2D eigenvalue weighted by atomic mass is 15.6. The second kappa shape index (κ2) is 5.69. The minimum absolute atomic E-state index is 1.12. The zero-order valence-corrected chi connectivity index (χ0v) is 7.72. The summed E-state index contributed by atoms with van der Waals surface area (Å²) in [6.45, 7) is 9.99. The molecule has 0 aromatic carbocycles. The van der Waals surface area contributed by atoms with Gasteiger partial charge in [-0.2, -0.15) is 0 Å². The van der Waals surface area contributed by atoms with Crippen LogP contribution in [0.4, 0.5) is 0 Å². The minimum atomic E-state index is 1.12. The molecule has 0 aromatic heterocycles. The summed E-state index contributed by atoms with van der Waals surface area (Å²) in [5.74, 6) is 0. The van der Waals surface area contributed by atoms with Crippen LogP contribution < -0.4 is 0 Å². The fourth-order valence-corrected chi connectivity index (χ4v) is 1.17. The summed E-state index contributed by atoms with van der Waals surface area (Å²) < 4.78 is 0. The van der Waals surface area contributed by atoms with Gasteiger partial charge in [0.15, 0.2) is 0 Å². The van der Waals surface area contributed by atoms with E-state index in [4.69, 9.17) is 0 Å². The topological polar surface area (TPSA) is 6.48 Å². The Balaban J connectivity index is 3.53. The standard InChI is InChI=1S/C8H20N2/c1-5-8-9(4)10(6-2)7-3/h5-8H2,1-4H3. The quantitative estimate of drug-likeness (QED) is 0.541. The van der Waals surface area contributed by atoms with Crippen molar-refractivity contribution in [2.45, 2.75) is 27.2 Å². The third-order valence-corrected chi connectivity index (χ3v) is 1.76. The molecule has 0 fully saturated rings. The van der Waals surface area contributed by atoms with E-state index in [0.29, 0.717) is 0 Å². The van der Waals surface area contributed by atoms with Crippen LogP contribution in [0.2, 0.25) is 0 Å². The molecule has 0 radical (unpaired) electrons. The number of nitrogens with zero attached hydrogens (tertiary/aromatic N) is 2. The van der Waals surface area contributed by atoms with E-state index in [2.05, 4.69) is 37.8 Å². The molecule has 0 amide bonds. The van der Waals surface area contributed by atoms with Gasteiger partial charge < -0.3 is 0 Å². The molecule has 0 N–H and O–H groups in total. The van der Waals surface area contributed by atoms with E-state index < -0.39 is 0 Å². The van der Waals surface area contributed by atoms with Crippen molar-refractivity contribution in [2.75, 3.05) is 26.7 Å². The second-order valence-electron chi connectivity index (χ2n) is 2.52. The van der Waals surface area contributed by atoms with E-state index in [-0.39, 0.29) is 0 Å². The van der Waals surface area contributed by atoms with Crippen LogP contribution in [0, 0.1) is 0 Å². The van der Waals surface area contributed by atoms with Gasteiger partial charge in [-0.1, -0.05) is 20.8 Å². The van der Waals surface area contributed by atoms with E-state index >= 15 is 0 Å². The molecule has 0 aliphatic heterocycles. The molecule has 0 bridgehead atoms. The number of hydrogen-bond donors (Lipinski definition) is 0. The van der Waals surface area contributed by atoms with Crippen molar-refractivity contribution < 1.29 is 0 Å². The second-order valence-corrected chi connectivity index (χ2v) is 2.52. The normalized spacial score (nSPS) is 11.4. The van der Waals surface area contributed by atoms with E-state index in [0.717, 1.165) is 13.1 Å². The zero-order valence-electron chi connectivity index (χ0n) is 7.72. The van der Waals surface area contributed by atoms with Gasteiger partial charge in [0.1, 0.15) is 0 Å². The molecule has 0 spiro atoms. The van der Waals surface area contributed by atoms with Gasteiger partial charge in [0.05, 0.1) is 0 Å². The molecule has 10 heavy (non-hydrogen) atoms. The van der Waals surface area contributed by atoms with Gasteiger partial charge in [-0.3, -0.25) is 0 Å². The average Bonchev–Trinajstić information content (AvgIpc) is 1.91. The van der Waals surface area contributed by atoms with Gasteiger partial charge >= 0.3 is 0 Å². The van der Waals surface area contributed by atoms with Crippen LogP contribution in [0.5, 0.6) is 0 Å². The van der Waals surface area contributed by atoms with Crippen molar-refractivity contribution in [1.29, 1.82) is 0 Å². The molecule has 0 aromatic rings. The lowest BCUT2D eigenvalue weighted by atomic mass is 10.5. The molecule has 0 saturated heterocycles. The van der Waals surface area contributed by atoms with Crippen LogP contribution in [0.3, 0.4) is 0 Å². The molecule has 0 rings (SSSR count). The first-order chi connectivity index (χ1) is 4.76. The number of rotatable bonds is 5. The summed E-state index contributed by atoms with van der Waals surface area (Å²) in [4.78, 5) is 0. The lowest BCUT2D eigenvalue weighted by Gasteiger charge is -2.29. The Morgan fingerprint density at radius 2 is 1.50 bits per heavy atom. The molecular weight excluding hydrogens is 124 g/mol. The molecule has 2 heteroatoms. The predicted molar refractivity (Wildman–Crippen MR) is 45.8 cm³/mol. The summed E-state index contributed by atoms with van der Waals surface area (Å²) in [5.41, 5.74) is 0. The van der Waals surface area contributed by atoms with Gasteiger partial charge in [-0.15, -0.1) is 0 Å². The van der Waals surface area contributed by atoms with Crippen molar-refractivity contribution in [2.24, 2.45) is 0 Å². The first-order valence-corrected chi connectivity index (χ1v) is 4.22. The Kier molecular flexibility index (Phi) is 5.64. The van der Waals surface area contributed by atoms with E-state index in [9.17, 15) is 0 Å². The van der Waals surface area contributed by atoms with E-state index in [1.807, 2.05) is 0 Å². The molecular formula is C8H20N2. The van der Waals surface area contributed by atoms with Crippen LogP contribution in [-0.4, -0.2) is 36.7 Å². The highest BCUT2D eigenvalue weighted by Gasteiger charge is 2.03. The van der Waals surface area contributed by atoms with Crippen molar-refractivity contribution in [3.05, 3.63) is 0 Å². The lowest BCUT2D eigenvalue weighted by Crippen LogP contribution is -2.39. The smallest absolute Gasteiger partial charge is 0.0127 e. The predicted octanol–water partition coefficient (Wildman–Crippen LogP) is 1.58. The zero-order chi connectivity index (χ0) is 7.98. The van der Waals surface area contributed by atoms with Gasteiger partial charge in [0, 0.05) is 26.7 Å². The van der Waals surface area contributed by atoms with Gasteiger partial charge in [-0.05, 0) is 6.42 Å². The molecule has 0 aliphatic carbocycles. The average molecular weight is 144 g/mol. The maximum Gasteiger partial charge on any atom is 0.0127 e. The Morgan fingerprint density at radius 3 is 1.80 bits per heavy atom. The summed E-state index contributed by atoms with van der Waals surface area (Å²) in [5, 5.41) is 4.63. The van der Waals surface area contributed by atoms with Crippen molar-refractivity contribution in [3.8, 4) is 0 Å². The van der Waals surface area contributed by atoms with E-state index in [1.54, 1.807) is 0 Å². The lowest BCUT2D eigenvalue weighted by molar-refractivity contribution is 0.0101. The Hall–Kier alpha value is -0.0800. The maximum absolute atomic E-state index is 2.34. The maximum atomic E-state index is 2.34. The Bertz CT molecular complexity index is 69.7. The fourth-order valence-electron chi connectivity index (χ4n) is 1.17. The molecule has 2 nitrogen and oxygen atoms in total. The van der Waals surface area contributed by atoms with Crippen LogP contribution in [0.1, 0.15) is 27.2 Å². The van der Waals surface area contributed by atoms with E-state index in [1.165, 1.54) is 13.0 Å². The van der Waals surface area contributed by atoms with Crippen molar-refractivity contribution in [3.63, 3.8) is 0 Å². The summed E-state index contributed by atoms with van der Waals surface area (Å²) >= 11 is 0. The number of hydrogen-bond acceptors (Lipinski definition) is 2. The number of hydrazine groups is 1. The van der Waals surface area contributed by atoms with Crippen LogP contribution in [0.25, 0.3) is 0 Å². The third kappa shape index (κ3) is 3.18. The Labute approximate surface area is 64.8 Å². The summed E-state index contributed by atoms with van der Waals surface area (Å²) in [7, 11) is 2.15. The van der Waals surface area contributed by atoms with Gasteiger partial charge in [0.25, 0.3) is 0 Å². The molecule has 0 heterocycles. The highest BCUT2D eigenvalue weighted by Crippen LogP contribution is 1.94. The SMILES string of the molecule is CCCN(C)N(CC)CC. The summed E-state index contributed by atoms with van der Waals surface area (Å²) in [6.07, 6.45) is 1.23. The molecule has 0 atom stereocenters. The molecule has 0 aliphatic rings. The fraction of sp³-hybridized carbons (Fsp3) is 1.00. The monoisotopic (exact) mass is 144 g/mol. The van der Waals surface area contributed by atoms with Gasteiger partial charge in [0.2, 0.25) is 0 Å². The molecule has 0 unspecified atom stereocenters. The van der Waals surface area contributed by atoms with Crippen LogP contribution >= 0.6 is 0 Å². The first-order valence-electron chi connectivity index (χ1n) is 4.22. The highest BCUT2D eigenvalue weighted by molar-refractivity contribution is 4.47. The minimum Gasteiger partial charge on any atom is -0.245 e. The molecule has 0 saturated carbocycles. The largest absolute Gasteiger partial charge is 0.245 e. The first kappa shape index (κ1) is 9.92. The van der Waals surface area contributed by atoms with Crippen molar-refractivity contribution >= 4 is 0 Å². The van der Waals surface area contributed by atoms with Gasteiger partial charge in [-0.25, -0.2) is 10.0 Å². The summed E-state index contributed by atoms with van der Waals surface area (Å²) in [6, 6.07) is 0.